The Bertz CT molecular complexity index is 487. The summed E-state index contributed by atoms with van der Waals surface area (Å²) in [6.07, 6.45) is 0. The van der Waals surface area contributed by atoms with Gasteiger partial charge in [-0.3, -0.25) is 4.79 Å². The molecular weight excluding hydrogens is 254 g/mol. The zero-order valence-electron chi connectivity index (χ0n) is 13.2. The van der Waals surface area contributed by atoms with Crippen molar-refractivity contribution in [2.75, 3.05) is 6.61 Å². The SMILES string of the molecule is Cc1ccc(OCC(=O)NC(C)(C)C(C)(C)O)cc1C. The Hall–Kier alpha value is -1.55. The molecule has 1 aromatic carbocycles. The molecular formula is C16H25NO3. The zero-order chi connectivity index (χ0) is 15.6. The lowest BCUT2D eigenvalue weighted by Gasteiger charge is -2.37. The van der Waals surface area contributed by atoms with Crippen molar-refractivity contribution in [3.63, 3.8) is 0 Å². The number of benzene rings is 1. The Kier molecular flexibility index (Phi) is 4.81. The van der Waals surface area contributed by atoms with Crippen LogP contribution < -0.4 is 10.1 Å². The van der Waals surface area contributed by atoms with Crippen molar-refractivity contribution in [1.82, 2.24) is 5.32 Å². The Morgan fingerprint density at radius 1 is 1.20 bits per heavy atom. The van der Waals surface area contributed by atoms with Gasteiger partial charge in [0.2, 0.25) is 0 Å². The summed E-state index contributed by atoms with van der Waals surface area (Å²) >= 11 is 0. The third kappa shape index (κ3) is 4.23. The summed E-state index contributed by atoms with van der Waals surface area (Å²) in [6.45, 7) is 10.8. The van der Waals surface area contributed by atoms with E-state index in [0.717, 1.165) is 5.56 Å². The zero-order valence-corrected chi connectivity index (χ0v) is 13.2. The molecule has 0 saturated carbocycles. The maximum Gasteiger partial charge on any atom is 0.258 e. The smallest absolute Gasteiger partial charge is 0.258 e. The Labute approximate surface area is 121 Å². The topological polar surface area (TPSA) is 58.6 Å². The first-order valence-electron chi connectivity index (χ1n) is 6.76. The molecule has 112 valence electrons. The molecule has 0 heterocycles. The van der Waals surface area contributed by atoms with Gasteiger partial charge in [0.15, 0.2) is 6.61 Å². The number of hydrogen-bond acceptors (Lipinski definition) is 3. The van der Waals surface area contributed by atoms with Gasteiger partial charge < -0.3 is 15.2 Å². The van der Waals surface area contributed by atoms with Crippen molar-refractivity contribution in [3.05, 3.63) is 29.3 Å². The number of aliphatic hydroxyl groups is 1. The van der Waals surface area contributed by atoms with Crippen LogP contribution in [0, 0.1) is 13.8 Å². The summed E-state index contributed by atoms with van der Waals surface area (Å²) in [5.74, 6) is 0.416. The minimum Gasteiger partial charge on any atom is -0.484 e. The lowest BCUT2D eigenvalue weighted by Crippen LogP contribution is -2.58. The van der Waals surface area contributed by atoms with Crippen molar-refractivity contribution >= 4 is 5.91 Å². The molecule has 20 heavy (non-hydrogen) atoms. The van der Waals surface area contributed by atoms with E-state index < -0.39 is 11.1 Å². The summed E-state index contributed by atoms with van der Waals surface area (Å²) in [5, 5.41) is 12.8. The predicted octanol–water partition coefficient (Wildman–Crippen LogP) is 2.35. The molecule has 0 saturated heterocycles. The van der Waals surface area contributed by atoms with E-state index in [9.17, 15) is 9.90 Å². The highest BCUT2D eigenvalue weighted by molar-refractivity contribution is 5.78. The normalized spacial score (nSPS) is 12.2. The minimum absolute atomic E-state index is 0.0674. The first kappa shape index (κ1) is 16.5. The van der Waals surface area contributed by atoms with Crippen LogP contribution in [0.5, 0.6) is 5.75 Å². The fourth-order valence-corrected chi connectivity index (χ4v) is 1.49. The Morgan fingerprint density at radius 3 is 2.30 bits per heavy atom. The van der Waals surface area contributed by atoms with Crippen LogP contribution in [-0.2, 0) is 4.79 Å². The van der Waals surface area contributed by atoms with Gasteiger partial charge in [-0.2, -0.15) is 0 Å². The first-order valence-corrected chi connectivity index (χ1v) is 6.76. The molecule has 0 aliphatic rings. The Morgan fingerprint density at radius 2 is 1.80 bits per heavy atom. The molecule has 0 unspecified atom stereocenters. The van der Waals surface area contributed by atoms with Crippen molar-refractivity contribution < 1.29 is 14.6 Å². The van der Waals surface area contributed by atoms with Crippen LogP contribution >= 0.6 is 0 Å². The average molecular weight is 279 g/mol. The third-order valence-corrected chi connectivity index (χ3v) is 3.83. The van der Waals surface area contributed by atoms with Crippen LogP contribution in [0.2, 0.25) is 0 Å². The van der Waals surface area contributed by atoms with Crippen LogP contribution in [0.3, 0.4) is 0 Å². The quantitative estimate of drug-likeness (QED) is 0.870. The maximum absolute atomic E-state index is 11.9. The van der Waals surface area contributed by atoms with E-state index in [1.165, 1.54) is 5.56 Å². The van der Waals surface area contributed by atoms with E-state index in [1.807, 2.05) is 32.0 Å². The number of rotatable bonds is 5. The number of hydrogen-bond donors (Lipinski definition) is 2. The van der Waals surface area contributed by atoms with Gasteiger partial charge in [0.05, 0.1) is 11.1 Å². The second kappa shape index (κ2) is 5.83. The van der Waals surface area contributed by atoms with E-state index in [2.05, 4.69) is 5.32 Å². The van der Waals surface area contributed by atoms with Gasteiger partial charge in [-0.05, 0) is 64.8 Å². The number of ether oxygens (including phenoxy) is 1. The van der Waals surface area contributed by atoms with E-state index in [0.29, 0.717) is 5.75 Å². The monoisotopic (exact) mass is 279 g/mol. The molecule has 0 bridgehead atoms. The van der Waals surface area contributed by atoms with Gasteiger partial charge in [-0.25, -0.2) is 0 Å². The van der Waals surface area contributed by atoms with Gasteiger partial charge in [-0.1, -0.05) is 6.07 Å². The predicted molar refractivity (Wildman–Crippen MR) is 79.9 cm³/mol. The van der Waals surface area contributed by atoms with Crippen molar-refractivity contribution in [2.24, 2.45) is 0 Å². The summed E-state index contributed by atoms with van der Waals surface area (Å²) in [6, 6.07) is 5.71. The van der Waals surface area contributed by atoms with Crippen LogP contribution in [0.4, 0.5) is 0 Å². The molecule has 0 aliphatic carbocycles. The first-order chi connectivity index (χ1) is 9.03. The van der Waals surface area contributed by atoms with Crippen LogP contribution in [0.1, 0.15) is 38.8 Å². The Balaban J connectivity index is 2.58. The molecule has 4 nitrogen and oxygen atoms in total. The number of aryl methyl sites for hydroxylation is 2. The van der Waals surface area contributed by atoms with Gasteiger partial charge in [-0.15, -0.1) is 0 Å². The van der Waals surface area contributed by atoms with E-state index in [-0.39, 0.29) is 12.5 Å². The second-order valence-electron chi connectivity index (χ2n) is 6.27. The van der Waals surface area contributed by atoms with Gasteiger partial charge in [0.25, 0.3) is 5.91 Å². The molecule has 1 rings (SSSR count). The highest BCUT2D eigenvalue weighted by atomic mass is 16.5. The summed E-state index contributed by atoms with van der Waals surface area (Å²) in [5.41, 5.74) is 0.574. The summed E-state index contributed by atoms with van der Waals surface area (Å²) < 4.78 is 5.47. The summed E-state index contributed by atoms with van der Waals surface area (Å²) in [4.78, 5) is 11.9. The fourth-order valence-electron chi connectivity index (χ4n) is 1.49. The maximum atomic E-state index is 11.9. The molecule has 1 aromatic rings. The van der Waals surface area contributed by atoms with Crippen LogP contribution in [0.25, 0.3) is 0 Å². The number of carbonyl (C=O) groups is 1. The van der Waals surface area contributed by atoms with Gasteiger partial charge in [0, 0.05) is 0 Å². The standard InChI is InChI=1S/C16H25NO3/c1-11-7-8-13(9-12(11)2)20-10-14(18)17-15(3,4)16(5,6)19/h7-9,19H,10H2,1-6H3,(H,17,18). The highest BCUT2D eigenvalue weighted by Gasteiger charge is 2.36. The number of carbonyl (C=O) groups excluding carboxylic acids is 1. The van der Waals surface area contributed by atoms with E-state index in [4.69, 9.17) is 4.74 Å². The lowest BCUT2D eigenvalue weighted by atomic mass is 9.86. The largest absolute Gasteiger partial charge is 0.484 e. The number of amides is 1. The van der Waals surface area contributed by atoms with Gasteiger partial charge in [0.1, 0.15) is 5.75 Å². The van der Waals surface area contributed by atoms with Crippen LogP contribution in [-0.4, -0.2) is 28.8 Å². The lowest BCUT2D eigenvalue weighted by molar-refractivity contribution is -0.128. The van der Waals surface area contributed by atoms with E-state index in [1.54, 1.807) is 27.7 Å². The number of nitrogens with one attached hydrogen (secondary N) is 1. The van der Waals surface area contributed by atoms with Crippen molar-refractivity contribution in [1.29, 1.82) is 0 Å². The molecule has 0 spiro atoms. The van der Waals surface area contributed by atoms with Gasteiger partial charge >= 0.3 is 0 Å². The molecule has 2 N–H and O–H groups in total. The molecule has 0 aromatic heterocycles. The highest BCUT2D eigenvalue weighted by Crippen LogP contribution is 2.20. The van der Waals surface area contributed by atoms with Crippen LogP contribution in [0.15, 0.2) is 18.2 Å². The van der Waals surface area contributed by atoms with Crippen molar-refractivity contribution in [2.45, 2.75) is 52.7 Å². The third-order valence-electron chi connectivity index (χ3n) is 3.83. The van der Waals surface area contributed by atoms with Crippen molar-refractivity contribution in [3.8, 4) is 5.75 Å². The fraction of sp³-hybridized carbons (Fsp3) is 0.562. The molecule has 0 fully saturated rings. The molecule has 1 amide bonds. The summed E-state index contributed by atoms with van der Waals surface area (Å²) in [7, 11) is 0. The minimum atomic E-state index is -1.01. The average Bonchev–Trinajstić information content (AvgIpc) is 2.28. The molecule has 4 heteroatoms. The van der Waals surface area contributed by atoms with E-state index >= 15 is 0 Å². The molecule has 0 aliphatic heterocycles. The second-order valence-corrected chi connectivity index (χ2v) is 6.27. The molecule has 0 radical (unpaired) electrons. The molecule has 0 atom stereocenters.